The third kappa shape index (κ3) is 8.22. The second-order valence-corrected chi connectivity index (χ2v) is 6.14. The topological polar surface area (TPSA) is 84.8 Å². The first-order valence-corrected chi connectivity index (χ1v) is 9.87. The summed E-state index contributed by atoms with van der Waals surface area (Å²) in [5.41, 5.74) is 2.09. The van der Waals surface area contributed by atoms with E-state index >= 15 is 0 Å². The number of nitrogens with zero attached hydrogens (tertiary/aromatic N) is 2. The van der Waals surface area contributed by atoms with E-state index in [4.69, 9.17) is 18.7 Å². The fraction of sp³-hybridized carbons (Fsp3) is 0.600. The van der Waals surface area contributed by atoms with E-state index < -0.39 is 0 Å². The number of ether oxygens (including phenoxy) is 1. The number of hydrogen-bond donors (Lipinski definition) is 2. The molecule has 0 unspecified atom stereocenters. The zero-order valence-corrected chi connectivity index (χ0v) is 19.5. The van der Waals surface area contributed by atoms with Crippen molar-refractivity contribution in [3.05, 3.63) is 41.2 Å². The minimum atomic E-state index is 0. The standard InChI is InChI=1S/C20H32N4O3.HI/c1-4-18-17(19(5-2)27-24-18)15-23-20(21-11-8-13-25-6-3)22-12-10-16-9-7-14-26-16;/h7,9,14H,4-6,8,10-13,15H2,1-3H3,(H2,21,22,23);1H. The van der Waals surface area contributed by atoms with Crippen LogP contribution in [-0.2, 0) is 30.5 Å². The first-order chi connectivity index (χ1) is 13.3. The molecule has 8 heteroatoms. The van der Waals surface area contributed by atoms with E-state index in [1.165, 1.54) is 0 Å². The Morgan fingerprint density at radius 3 is 2.68 bits per heavy atom. The lowest BCUT2D eigenvalue weighted by Crippen LogP contribution is -2.39. The molecule has 0 spiro atoms. The summed E-state index contributed by atoms with van der Waals surface area (Å²) in [5, 5.41) is 10.9. The summed E-state index contributed by atoms with van der Waals surface area (Å²) in [7, 11) is 0. The highest BCUT2D eigenvalue weighted by Gasteiger charge is 2.13. The largest absolute Gasteiger partial charge is 0.469 e. The Balaban J connectivity index is 0.00000392. The van der Waals surface area contributed by atoms with E-state index in [1.807, 2.05) is 19.1 Å². The predicted octanol–water partition coefficient (Wildman–Crippen LogP) is 3.71. The summed E-state index contributed by atoms with van der Waals surface area (Å²) in [6.07, 6.45) is 5.10. The molecule has 0 saturated carbocycles. The molecule has 0 aliphatic carbocycles. The summed E-state index contributed by atoms with van der Waals surface area (Å²) in [4.78, 5) is 4.74. The predicted molar refractivity (Wildman–Crippen MR) is 121 cm³/mol. The Bertz CT molecular complexity index is 650. The molecule has 28 heavy (non-hydrogen) atoms. The molecule has 0 aliphatic rings. The van der Waals surface area contributed by atoms with Crippen molar-refractivity contribution in [2.75, 3.05) is 26.3 Å². The lowest BCUT2D eigenvalue weighted by molar-refractivity contribution is 0.145. The molecule has 0 bridgehead atoms. The fourth-order valence-corrected chi connectivity index (χ4v) is 2.73. The molecule has 0 saturated heterocycles. The number of aliphatic imine (C=N–C) groups is 1. The van der Waals surface area contributed by atoms with Crippen molar-refractivity contribution in [2.24, 2.45) is 4.99 Å². The Morgan fingerprint density at radius 1 is 1.18 bits per heavy atom. The third-order valence-electron chi connectivity index (χ3n) is 4.21. The second kappa shape index (κ2) is 14.4. The van der Waals surface area contributed by atoms with Crippen LogP contribution in [0.5, 0.6) is 0 Å². The number of guanidine groups is 1. The van der Waals surface area contributed by atoms with Crippen LogP contribution in [0.25, 0.3) is 0 Å². The minimum Gasteiger partial charge on any atom is -0.469 e. The molecule has 0 aromatic carbocycles. The van der Waals surface area contributed by atoms with E-state index in [0.29, 0.717) is 6.54 Å². The fourth-order valence-electron chi connectivity index (χ4n) is 2.73. The monoisotopic (exact) mass is 504 g/mol. The van der Waals surface area contributed by atoms with Gasteiger partial charge in [-0.15, -0.1) is 24.0 Å². The molecule has 158 valence electrons. The van der Waals surface area contributed by atoms with Gasteiger partial charge in [0, 0.05) is 44.7 Å². The number of rotatable bonds is 12. The summed E-state index contributed by atoms with van der Waals surface area (Å²) >= 11 is 0. The van der Waals surface area contributed by atoms with Gasteiger partial charge in [-0.2, -0.15) is 0 Å². The molecule has 2 aromatic heterocycles. The summed E-state index contributed by atoms with van der Waals surface area (Å²) in [5.74, 6) is 2.66. The van der Waals surface area contributed by atoms with Gasteiger partial charge < -0.3 is 24.3 Å². The van der Waals surface area contributed by atoms with Crippen molar-refractivity contribution < 1.29 is 13.7 Å². The molecule has 2 N–H and O–H groups in total. The van der Waals surface area contributed by atoms with Crippen LogP contribution >= 0.6 is 24.0 Å². The maximum Gasteiger partial charge on any atom is 0.191 e. The second-order valence-electron chi connectivity index (χ2n) is 6.14. The number of nitrogens with one attached hydrogen (secondary N) is 2. The highest BCUT2D eigenvalue weighted by molar-refractivity contribution is 14.0. The lowest BCUT2D eigenvalue weighted by atomic mass is 10.1. The average Bonchev–Trinajstić information content (AvgIpc) is 3.34. The Kier molecular flexibility index (Phi) is 12.6. The van der Waals surface area contributed by atoms with Crippen LogP contribution in [0.1, 0.15) is 50.0 Å². The first kappa shape index (κ1) is 24.5. The number of furan rings is 1. The van der Waals surface area contributed by atoms with Crippen LogP contribution in [0.4, 0.5) is 0 Å². The third-order valence-corrected chi connectivity index (χ3v) is 4.21. The van der Waals surface area contributed by atoms with Crippen molar-refractivity contribution in [3.63, 3.8) is 0 Å². The van der Waals surface area contributed by atoms with Crippen molar-refractivity contribution in [3.8, 4) is 0 Å². The number of halogens is 1. The Morgan fingerprint density at radius 2 is 2.00 bits per heavy atom. The maximum atomic E-state index is 5.43. The van der Waals surface area contributed by atoms with E-state index in [2.05, 4.69) is 29.6 Å². The minimum absolute atomic E-state index is 0. The van der Waals surface area contributed by atoms with Gasteiger partial charge in [-0.05, 0) is 31.9 Å². The molecule has 7 nitrogen and oxygen atoms in total. The van der Waals surface area contributed by atoms with E-state index in [1.54, 1.807) is 6.26 Å². The molecule has 0 fully saturated rings. The zero-order chi connectivity index (χ0) is 19.3. The number of aryl methyl sites for hydroxylation is 2. The van der Waals surface area contributed by atoms with Crippen LogP contribution in [0.3, 0.4) is 0 Å². The van der Waals surface area contributed by atoms with E-state index in [-0.39, 0.29) is 24.0 Å². The molecule has 0 radical (unpaired) electrons. The van der Waals surface area contributed by atoms with E-state index in [0.717, 1.165) is 80.7 Å². The van der Waals surface area contributed by atoms with Crippen LogP contribution in [0.15, 0.2) is 32.3 Å². The van der Waals surface area contributed by atoms with Crippen molar-refractivity contribution >= 4 is 29.9 Å². The highest BCUT2D eigenvalue weighted by Crippen LogP contribution is 2.16. The molecule has 0 aliphatic heterocycles. The summed E-state index contributed by atoms with van der Waals surface area (Å²) in [6, 6.07) is 3.88. The number of aromatic nitrogens is 1. The van der Waals surface area contributed by atoms with E-state index in [9.17, 15) is 0 Å². The van der Waals surface area contributed by atoms with Gasteiger partial charge in [-0.3, -0.25) is 0 Å². The zero-order valence-electron chi connectivity index (χ0n) is 17.1. The van der Waals surface area contributed by atoms with Gasteiger partial charge in [0.2, 0.25) is 0 Å². The highest BCUT2D eigenvalue weighted by atomic mass is 127. The van der Waals surface area contributed by atoms with Gasteiger partial charge in [0.15, 0.2) is 5.96 Å². The number of hydrogen-bond acceptors (Lipinski definition) is 5. The normalized spacial score (nSPS) is 11.3. The quantitative estimate of drug-likeness (QED) is 0.199. The Labute approximate surface area is 184 Å². The van der Waals surface area contributed by atoms with Gasteiger partial charge in [-0.25, -0.2) is 4.99 Å². The average molecular weight is 504 g/mol. The first-order valence-electron chi connectivity index (χ1n) is 9.87. The lowest BCUT2D eigenvalue weighted by Gasteiger charge is -2.12. The van der Waals surface area contributed by atoms with Gasteiger partial charge in [0.25, 0.3) is 0 Å². The molecule has 0 atom stereocenters. The van der Waals surface area contributed by atoms with Gasteiger partial charge in [0.05, 0.1) is 18.5 Å². The summed E-state index contributed by atoms with van der Waals surface area (Å²) < 4.78 is 16.2. The van der Waals surface area contributed by atoms with Crippen molar-refractivity contribution in [1.82, 2.24) is 15.8 Å². The summed E-state index contributed by atoms with van der Waals surface area (Å²) in [6.45, 7) is 9.75. The van der Waals surface area contributed by atoms with Crippen LogP contribution in [0, 0.1) is 0 Å². The Hall–Kier alpha value is -1.55. The van der Waals surface area contributed by atoms with Gasteiger partial charge >= 0.3 is 0 Å². The molecule has 2 heterocycles. The smallest absolute Gasteiger partial charge is 0.191 e. The van der Waals surface area contributed by atoms with Crippen molar-refractivity contribution in [2.45, 2.75) is 53.0 Å². The molecule has 0 amide bonds. The van der Waals surface area contributed by atoms with Crippen LogP contribution in [0.2, 0.25) is 0 Å². The van der Waals surface area contributed by atoms with Gasteiger partial charge in [0.1, 0.15) is 11.5 Å². The molecular weight excluding hydrogens is 471 g/mol. The van der Waals surface area contributed by atoms with Crippen LogP contribution in [-0.4, -0.2) is 37.4 Å². The molecular formula is C20H33IN4O3. The van der Waals surface area contributed by atoms with Crippen LogP contribution < -0.4 is 10.6 Å². The SMILES string of the molecule is CCOCCCNC(=NCc1c(CC)noc1CC)NCCc1ccco1.I. The van der Waals surface area contributed by atoms with Crippen molar-refractivity contribution in [1.29, 1.82) is 0 Å². The molecule has 2 aromatic rings. The molecule has 2 rings (SSSR count). The van der Waals surface area contributed by atoms with Gasteiger partial charge in [-0.1, -0.05) is 19.0 Å². The maximum absolute atomic E-state index is 5.43.